The van der Waals surface area contributed by atoms with Crippen LogP contribution in [-0.4, -0.2) is 0 Å². The summed E-state index contributed by atoms with van der Waals surface area (Å²) in [4.78, 5) is 0. The lowest BCUT2D eigenvalue weighted by Gasteiger charge is -2.17. The van der Waals surface area contributed by atoms with Gasteiger partial charge in [-0.05, 0) is 36.8 Å². The predicted octanol–water partition coefficient (Wildman–Crippen LogP) is 2.11. The van der Waals surface area contributed by atoms with E-state index < -0.39 is 10.2 Å². The van der Waals surface area contributed by atoms with Gasteiger partial charge in [-0.3, -0.25) is 0 Å². The number of hydrogen-bond acceptors (Lipinski definition) is 4. The van der Waals surface area contributed by atoms with Crippen LogP contribution in [0.15, 0.2) is 101 Å². The Morgan fingerprint density at radius 3 is 1.40 bits per heavy atom. The van der Waals surface area contributed by atoms with Gasteiger partial charge in [0.1, 0.15) is 0 Å². The molecule has 0 radical (unpaired) electrons. The summed E-state index contributed by atoms with van der Waals surface area (Å²) in [5.74, 6) is 1.75. The average Bonchev–Trinajstić information content (AvgIpc) is 2.74. The Bertz CT molecular complexity index is 1010. The standard InChI is InChI=1S/C24H19O.ClHO4/c1-18-12-14-21(15-13-18)24-17-22(19-8-4-2-5-9-19)16-23(25-24)20-10-6-3-7-11-20;2-1(3,4)5/h2-17H,1H3;(H,2,3,4,5)/q+1;/p-1. The lowest BCUT2D eigenvalue weighted by molar-refractivity contribution is -2.00. The van der Waals surface area contributed by atoms with Gasteiger partial charge in [-0.2, -0.15) is 0 Å². The molecule has 1 aromatic heterocycles. The predicted molar refractivity (Wildman–Crippen MR) is 104 cm³/mol. The van der Waals surface area contributed by atoms with Crippen molar-refractivity contribution in [3.63, 3.8) is 0 Å². The summed E-state index contributed by atoms with van der Waals surface area (Å²) in [6.45, 7) is 2.09. The fourth-order valence-electron chi connectivity index (χ4n) is 2.90. The molecule has 0 spiro atoms. The van der Waals surface area contributed by atoms with Gasteiger partial charge in [0.2, 0.25) is 0 Å². The molecule has 0 atom stereocenters. The second-order valence-corrected chi connectivity index (χ2v) is 7.31. The molecular formula is C24H19ClO5. The summed E-state index contributed by atoms with van der Waals surface area (Å²) in [7, 11) is -4.94. The van der Waals surface area contributed by atoms with Crippen LogP contribution in [0, 0.1) is 17.2 Å². The molecule has 0 aliphatic carbocycles. The molecule has 0 aliphatic rings. The molecule has 0 unspecified atom stereocenters. The van der Waals surface area contributed by atoms with Crippen LogP contribution >= 0.6 is 0 Å². The summed E-state index contributed by atoms with van der Waals surface area (Å²) >= 11 is 0. The highest BCUT2D eigenvalue weighted by molar-refractivity contribution is 5.74. The largest absolute Gasteiger partial charge is 0.361 e. The maximum Gasteiger partial charge on any atom is 0.361 e. The summed E-state index contributed by atoms with van der Waals surface area (Å²) in [6.07, 6.45) is 0. The number of aryl methyl sites for hydroxylation is 1. The third kappa shape index (κ3) is 6.49. The highest BCUT2D eigenvalue weighted by atomic mass is 35.7. The summed E-state index contributed by atoms with van der Waals surface area (Å²) in [6, 6.07) is 33.3. The highest BCUT2D eigenvalue weighted by Gasteiger charge is 2.20. The van der Waals surface area contributed by atoms with Crippen LogP contribution in [0.25, 0.3) is 33.8 Å². The SMILES string of the molecule is Cc1ccc(-c2cc(-c3ccccc3)cc(-c3ccccc3)[o+]2)cc1.[O-][Cl+3]([O-])([O-])[O-]. The van der Waals surface area contributed by atoms with E-state index in [4.69, 9.17) is 23.1 Å². The van der Waals surface area contributed by atoms with Crippen LogP contribution < -0.4 is 18.6 Å². The van der Waals surface area contributed by atoms with E-state index >= 15 is 0 Å². The van der Waals surface area contributed by atoms with E-state index in [0.29, 0.717) is 0 Å². The average molecular weight is 423 g/mol. The fraction of sp³-hybridized carbons (Fsp3) is 0.0417. The third-order valence-corrected chi connectivity index (χ3v) is 4.29. The van der Waals surface area contributed by atoms with E-state index in [2.05, 4.69) is 79.7 Å². The molecule has 0 saturated carbocycles. The van der Waals surface area contributed by atoms with Gasteiger partial charge in [-0.25, -0.2) is 23.1 Å². The molecule has 0 saturated heterocycles. The molecule has 1 heterocycles. The molecule has 3 aromatic carbocycles. The monoisotopic (exact) mass is 422 g/mol. The summed E-state index contributed by atoms with van der Waals surface area (Å²) < 4.78 is 40.2. The zero-order valence-corrected chi connectivity index (χ0v) is 16.9. The van der Waals surface area contributed by atoms with Crippen molar-refractivity contribution in [1.82, 2.24) is 0 Å². The van der Waals surface area contributed by atoms with Gasteiger partial charge in [0, 0.05) is 5.56 Å². The summed E-state index contributed by atoms with van der Waals surface area (Å²) in [5, 5.41) is 0. The first-order valence-corrected chi connectivity index (χ1v) is 10.3. The normalized spacial score (nSPS) is 10.8. The van der Waals surface area contributed by atoms with Crippen LogP contribution in [0.5, 0.6) is 0 Å². The minimum absolute atomic E-state index is 0.873. The first-order chi connectivity index (χ1) is 14.3. The zero-order valence-electron chi connectivity index (χ0n) is 16.2. The molecule has 4 rings (SSSR count). The topological polar surface area (TPSA) is 104 Å². The first-order valence-electron chi connectivity index (χ1n) is 9.07. The Morgan fingerprint density at radius 1 is 0.533 bits per heavy atom. The van der Waals surface area contributed by atoms with Crippen molar-refractivity contribution in [2.75, 3.05) is 0 Å². The van der Waals surface area contributed by atoms with Crippen LogP contribution in [0.1, 0.15) is 5.56 Å². The van der Waals surface area contributed by atoms with E-state index in [1.54, 1.807) is 0 Å². The van der Waals surface area contributed by atoms with E-state index in [1.807, 2.05) is 24.3 Å². The Labute approximate surface area is 176 Å². The molecule has 152 valence electrons. The van der Waals surface area contributed by atoms with Gasteiger partial charge < -0.3 is 0 Å². The molecule has 0 aliphatic heterocycles. The smallest absolute Gasteiger partial charge is 0.222 e. The quantitative estimate of drug-likeness (QED) is 0.470. The Morgan fingerprint density at radius 2 is 0.933 bits per heavy atom. The van der Waals surface area contributed by atoms with Crippen molar-refractivity contribution >= 4 is 0 Å². The minimum atomic E-state index is -4.94. The van der Waals surface area contributed by atoms with Crippen molar-refractivity contribution in [3.8, 4) is 33.8 Å². The molecule has 6 heteroatoms. The van der Waals surface area contributed by atoms with Crippen molar-refractivity contribution in [2.45, 2.75) is 6.92 Å². The second-order valence-electron chi connectivity index (χ2n) is 6.55. The number of benzene rings is 3. The molecule has 0 fully saturated rings. The fourth-order valence-corrected chi connectivity index (χ4v) is 2.90. The molecule has 4 aromatic rings. The second kappa shape index (κ2) is 9.63. The van der Waals surface area contributed by atoms with Gasteiger partial charge in [-0.1, -0.05) is 66.2 Å². The Balaban J connectivity index is 0.000000461. The van der Waals surface area contributed by atoms with Crippen LogP contribution in [0.2, 0.25) is 0 Å². The number of rotatable bonds is 3. The molecule has 5 nitrogen and oxygen atoms in total. The Kier molecular flexibility index (Phi) is 6.95. The van der Waals surface area contributed by atoms with Crippen LogP contribution in [-0.2, 0) is 0 Å². The van der Waals surface area contributed by atoms with E-state index in [-0.39, 0.29) is 0 Å². The van der Waals surface area contributed by atoms with Gasteiger partial charge in [0.25, 0.3) is 0 Å². The Hall–Kier alpha value is -3.06. The maximum atomic E-state index is 8.49. The van der Waals surface area contributed by atoms with E-state index in [0.717, 1.165) is 28.2 Å². The highest BCUT2D eigenvalue weighted by Crippen LogP contribution is 2.32. The van der Waals surface area contributed by atoms with Gasteiger partial charge >= 0.3 is 11.5 Å². The van der Waals surface area contributed by atoms with Crippen molar-refractivity contribution in [2.24, 2.45) is 0 Å². The lowest BCUT2D eigenvalue weighted by Crippen LogP contribution is -2.68. The van der Waals surface area contributed by atoms with Crippen LogP contribution in [0.3, 0.4) is 0 Å². The maximum absolute atomic E-state index is 8.49. The van der Waals surface area contributed by atoms with Crippen LogP contribution in [0.4, 0.5) is 0 Å². The van der Waals surface area contributed by atoms with Gasteiger partial charge in [0.15, 0.2) is 0 Å². The van der Waals surface area contributed by atoms with Gasteiger partial charge in [0.05, 0.1) is 23.3 Å². The minimum Gasteiger partial charge on any atom is -0.222 e. The number of halogens is 1. The van der Waals surface area contributed by atoms with E-state index in [9.17, 15) is 0 Å². The summed E-state index contributed by atoms with van der Waals surface area (Å²) in [5.41, 5.74) is 5.74. The third-order valence-electron chi connectivity index (χ3n) is 4.29. The van der Waals surface area contributed by atoms with E-state index in [1.165, 1.54) is 11.1 Å². The number of hydrogen-bond donors (Lipinski definition) is 0. The molecule has 0 N–H and O–H groups in total. The van der Waals surface area contributed by atoms with Crippen molar-refractivity contribution in [3.05, 3.63) is 103 Å². The van der Waals surface area contributed by atoms with Crippen molar-refractivity contribution in [1.29, 1.82) is 0 Å². The van der Waals surface area contributed by atoms with Crippen molar-refractivity contribution < 1.29 is 33.3 Å². The van der Waals surface area contributed by atoms with Gasteiger partial charge in [-0.15, -0.1) is 10.2 Å². The molecule has 0 bridgehead atoms. The lowest BCUT2D eigenvalue weighted by atomic mass is 10.0. The first kappa shape index (κ1) is 21.6. The zero-order chi connectivity index (χ0) is 21.6. The molecule has 0 amide bonds. The molecular weight excluding hydrogens is 404 g/mol. The molecule has 30 heavy (non-hydrogen) atoms.